The van der Waals surface area contributed by atoms with E-state index in [0.29, 0.717) is 17.6 Å². The zero-order chi connectivity index (χ0) is 20.2. The minimum Gasteiger partial charge on any atom is -0.367 e. The number of nitrogens with zero attached hydrogens (tertiary/aromatic N) is 2. The van der Waals surface area contributed by atoms with Crippen LogP contribution in [-0.2, 0) is 12.6 Å². The quantitative estimate of drug-likeness (QED) is 0.758. The number of hydrogen-bond acceptors (Lipinski definition) is 3. The molecule has 5 rings (SSSR count). The molecule has 3 aliphatic rings. The molecule has 2 aromatic rings. The lowest BCUT2D eigenvalue weighted by Crippen LogP contribution is -2.44. The Hall–Kier alpha value is -2.21. The Labute approximate surface area is 169 Å². The number of rotatable bonds is 2. The van der Waals surface area contributed by atoms with E-state index in [-0.39, 0.29) is 0 Å². The molecule has 6 heteroatoms. The first-order valence-corrected chi connectivity index (χ1v) is 10.5. The number of anilines is 3. The minimum absolute atomic E-state index is 0.463. The van der Waals surface area contributed by atoms with Crippen molar-refractivity contribution in [2.45, 2.75) is 43.8 Å². The van der Waals surface area contributed by atoms with Crippen molar-refractivity contribution in [1.82, 2.24) is 5.32 Å². The second kappa shape index (κ2) is 6.94. The number of aryl methyl sites for hydroxylation is 1. The molecule has 0 aliphatic carbocycles. The van der Waals surface area contributed by atoms with Gasteiger partial charge in [0.05, 0.1) is 5.56 Å². The Morgan fingerprint density at radius 1 is 1.10 bits per heavy atom. The Morgan fingerprint density at radius 3 is 2.79 bits per heavy atom. The van der Waals surface area contributed by atoms with Crippen molar-refractivity contribution >= 4 is 17.1 Å². The van der Waals surface area contributed by atoms with Crippen LogP contribution in [0, 0.1) is 0 Å². The normalized spacial score (nSPS) is 23.4. The first-order chi connectivity index (χ1) is 13.9. The highest BCUT2D eigenvalue weighted by Gasteiger charge is 2.41. The second-order valence-electron chi connectivity index (χ2n) is 8.47. The number of benzene rings is 2. The zero-order valence-electron chi connectivity index (χ0n) is 16.6. The fraction of sp³-hybridized carbons (Fsp3) is 0.478. The lowest BCUT2D eigenvalue weighted by molar-refractivity contribution is -0.137. The van der Waals surface area contributed by atoms with Crippen LogP contribution >= 0.6 is 0 Å². The van der Waals surface area contributed by atoms with Gasteiger partial charge in [-0.05, 0) is 73.7 Å². The molecule has 0 unspecified atom stereocenters. The maximum absolute atomic E-state index is 13.2. The van der Waals surface area contributed by atoms with Gasteiger partial charge in [0.25, 0.3) is 0 Å². The van der Waals surface area contributed by atoms with Gasteiger partial charge in [-0.3, -0.25) is 0 Å². The van der Waals surface area contributed by atoms with Crippen molar-refractivity contribution in [3.63, 3.8) is 0 Å². The van der Waals surface area contributed by atoms with Gasteiger partial charge >= 0.3 is 6.18 Å². The number of alkyl halides is 3. The Balaban J connectivity index is 1.57. The van der Waals surface area contributed by atoms with Crippen LogP contribution in [0.25, 0.3) is 0 Å². The van der Waals surface area contributed by atoms with Gasteiger partial charge in [0.2, 0.25) is 0 Å². The topological polar surface area (TPSA) is 18.5 Å². The highest BCUT2D eigenvalue weighted by Crippen LogP contribution is 2.49. The van der Waals surface area contributed by atoms with Gasteiger partial charge in [0.15, 0.2) is 0 Å². The van der Waals surface area contributed by atoms with Crippen LogP contribution in [0.3, 0.4) is 0 Å². The molecule has 3 aliphatic heterocycles. The number of nitrogens with one attached hydrogen (secondary N) is 1. The van der Waals surface area contributed by atoms with E-state index >= 15 is 0 Å². The van der Waals surface area contributed by atoms with E-state index < -0.39 is 11.7 Å². The number of hydrogen-bond donors (Lipinski definition) is 1. The van der Waals surface area contributed by atoms with Crippen molar-refractivity contribution < 1.29 is 13.2 Å². The fourth-order valence-electron chi connectivity index (χ4n) is 5.33. The smallest absolute Gasteiger partial charge is 0.367 e. The SMILES string of the molecule is CN(c1cccc(C(F)(F)F)c1)c1cc2c3c(c1)[C@@H]1CNCC[C@@H]1N3CCCC2. The fourth-order valence-corrected chi connectivity index (χ4v) is 5.33. The average Bonchev–Trinajstić information content (AvgIpc) is 2.88. The lowest BCUT2D eigenvalue weighted by atomic mass is 9.88. The number of halogens is 3. The molecular weight excluding hydrogens is 375 g/mol. The predicted octanol–water partition coefficient (Wildman–Crippen LogP) is 5.08. The average molecular weight is 401 g/mol. The summed E-state index contributed by atoms with van der Waals surface area (Å²) >= 11 is 0. The van der Waals surface area contributed by atoms with Gasteiger partial charge in [-0.25, -0.2) is 0 Å². The third-order valence-electron chi connectivity index (χ3n) is 6.78. The van der Waals surface area contributed by atoms with Crippen molar-refractivity contribution in [3.8, 4) is 0 Å². The minimum atomic E-state index is -4.33. The van der Waals surface area contributed by atoms with E-state index in [9.17, 15) is 13.2 Å². The molecule has 0 aromatic heterocycles. The monoisotopic (exact) mass is 401 g/mol. The van der Waals surface area contributed by atoms with Crippen LogP contribution in [0.2, 0.25) is 0 Å². The summed E-state index contributed by atoms with van der Waals surface area (Å²) in [5.74, 6) is 0.463. The highest BCUT2D eigenvalue weighted by atomic mass is 19.4. The van der Waals surface area contributed by atoms with Crippen LogP contribution in [0.4, 0.5) is 30.2 Å². The standard InChI is InChI=1S/C23H26F3N3/c1-28(17-7-4-6-16(12-17)23(24,25)26)18-11-15-5-2-3-10-29-21-8-9-27-14-20(21)19(13-18)22(15)29/h4,6-7,11-13,20-21,27H,2-3,5,8-10,14H2,1H3/t20-,21-/m0/s1. The van der Waals surface area contributed by atoms with Crippen molar-refractivity contribution in [2.75, 3.05) is 36.5 Å². The van der Waals surface area contributed by atoms with Crippen LogP contribution in [0.15, 0.2) is 36.4 Å². The van der Waals surface area contributed by atoms with Gasteiger partial charge in [-0.15, -0.1) is 0 Å². The summed E-state index contributed by atoms with van der Waals surface area (Å²) in [5, 5.41) is 3.54. The van der Waals surface area contributed by atoms with Gasteiger partial charge in [-0.2, -0.15) is 13.2 Å². The molecule has 2 atom stereocenters. The Morgan fingerprint density at radius 2 is 1.97 bits per heavy atom. The number of piperidine rings is 1. The molecule has 1 saturated heterocycles. The molecule has 0 spiro atoms. The lowest BCUT2D eigenvalue weighted by Gasteiger charge is -2.33. The van der Waals surface area contributed by atoms with Crippen molar-refractivity contribution in [1.29, 1.82) is 0 Å². The summed E-state index contributed by atoms with van der Waals surface area (Å²) in [6.07, 6.45) is 0.215. The molecular formula is C23H26F3N3. The summed E-state index contributed by atoms with van der Waals surface area (Å²) < 4.78 is 39.5. The summed E-state index contributed by atoms with van der Waals surface area (Å²) in [4.78, 5) is 4.52. The first-order valence-electron chi connectivity index (χ1n) is 10.5. The largest absolute Gasteiger partial charge is 0.416 e. The van der Waals surface area contributed by atoms with E-state index in [1.165, 1.54) is 35.4 Å². The summed E-state index contributed by atoms with van der Waals surface area (Å²) in [5.41, 5.74) is 5.06. The van der Waals surface area contributed by atoms with E-state index in [1.54, 1.807) is 6.07 Å². The van der Waals surface area contributed by atoms with Gasteiger partial charge in [-0.1, -0.05) is 6.07 Å². The van der Waals surface area contributed by atoms with E-state index in [2.05, 4.69) is 22.3 Å². The second-order valence-corrected chi connectivity index (χ2v) is 8.47. The Bertz CT molecular complexity index is 924. The molecule has 1 N–H and O–H groups in total. The molecule has 29 heavy (non-hydrogen) atoms. The van der Waals surface area contributed by atoms with Crippen LogP contribution in [0.5, 0.6) is 0 Å². The summed E-state index contributed by atoms with van der Waals surface area (Å²) in [6, 6.07) is 10.6. The number of fused-ring (bicyclic) bond motifs is 3. The molecule has 0 bridgehead atoms. The summed E-state index contributed by atoms with van der Waals surface area (Å²) in [7, 11) is 1.87. The Kier molecular flexibility index (Phi) is 4.50. The maximum Gasteiger partial charge on any atom is 0.416 e. The van der Waals surface area contributed by atoms with Gasteiger partial charge < -0.3 is 15.1 Å². The highest BCUT2D eigenvalue weighted by molar-refractivity contribution is 5.75. The molecule has 154 valence electrons. The molecule has 0 saturated carbocycles. The first kappa shape index (κ1) is 18.8. The zero-order valence-corrected chi connectivity index (χ0v) is 16.6. The third-order valence-corrected chi connectivity index (χ3v) is 6.78. The van der Waals surface area contributed by atoms with Crippen molar-refractivity contribution in [3.05, 3.63) is 53.1 Å². The van der Waals surface area contributed by atoms with Crippen LogP contribution in [-0.4, -0.2) is 32.7 Å². The predicted molar refractivity (Wildman–Crippen MR) is 110 cm³/mol. The molecule has 0 radical (unpaired) electrons. The summed E-state index contributed by atoms with van der Waals surface area (Å²) in [6.45, 7) is 3.15. The van der Waals surface area contributed by atoms with E-state index in [4.69, 9.17) is 0 Å². The molecule has 2 aromatic carbocycles. The van der Waals surface area contributed by atoms with Gasteiger partial charge in [0, 0.05) is 49.2 Å². The molecule has 3 nitrogen and oxygen atoms in total. The maximum atomic E-state index is 13.2. The molecule has 3 heterocycles. The molecule has 0 amide bonds. The van der Waals surface area contributed by atoms with Crippen LogP contribution < -0.4 is 15.1 Å². The molecule has 1 fully saturated rings. The third kappa shape index (κ3) is 3.18. The van der Waals surface area contributed by atoms with E-state index in [1.807, 2.05) is 11.9 Å². The van der Waals surface area contributed by atoms with E-state index in [0.717, 1.165) is 50.7 Å². The van der Waals surface area contributed by atoms with Crippen molar-refractivity contribution in [2.24, 2.45) is 0 Å². The van der Waals surface area contributed by atoms with Gasteiger partial charge in [0.1, 0.15) is 0 Å². The van der Waals surface area contributed by atoms with Crippen LogP contribution in [0.1, 0.15) is 41.9 Å².